The fraction of sp³-hybridized carbons (Fsp3) is 0.450. The zero-order chi connectivity index (χ0) is 17.2. The van der Waals surface area contributed by atoms with Crippen LogP contribution < -0.4 is 5.73 Å². The largest absolute Gasteiger partial charge is 0.370 e. The molecule has 1 atom stereocenters. The first-order valence-electron chi connectivity index (χ1n) is 9.09. The van der Waals surface area contributed by atoms with Crippen LogP contribution in [0.2, 0.25) is 0 Å². The van der Waals surface area contributed by atoms with Gasteiger partial charge in [0.1, 0.15) is 0 Å². The van der Waals surface area contributed by atoms with Gasteiger partial charge in [-0.15, -0.1) is 11.3 Å². The summed E-state index contributed by atoms with van der Waals surface area (Å²) < 4.78 is 0. The smallest absolute Gasteiger partial charge is 0.191 e. The van der Waals surface area contributed by atoms with Crippen LogP contribution in [0.1, 0.15) is 34.9 Å². The summed E-state index contributed by atoms with van der Waals surface area (Å²) in [5, 5.41) is 2.21. The number of hydrogen-bond donors (Lipinski definition) is 1. The molecule has 0 radical (unpaired) electrons. The maximum Gasteiger partial charge on any atom is 0.191 e. The first-order chi connectivity index (χ1) is 12.2. The molecule has 1 aliphatic carbocycles. The van der Waals surface area contributed by atoms with Crippen LogP contribution in [0.4, 0.5) is 0 Å². The third-order valence-electron chi connectivity index (χ3n) is 5.34. The number of fused-ring (bicyclic) bond motifs is 1. The van der Waals surface area contributed by atoms with Crippen molar-refractivity contribution >= 4 is 17.3 Å². The normalized spacial score (nSPS) is 19.5. The van der Waals surface area contributed by atoms with E-state index in [1.165, 1.54) is 24.0 Å². The molecule has 25 heavy (non-hydrogen) atoms. The lowest BCUT2D eigenvalue weighted by molar-refractivity contribution is 0.185. The topological polar surface area (TPSA) is 44.9 Å². The summed E-state index contributed by atoms with van der Waals surface area (Å²) in [6.45, 7) is 2.81. The van der Waals surface area contributed by atoms with Crippen molar-refractivity contribution in [3.05, 3.63) is 57.8 Å². The molecule has 0 saturated heterocycles. The fourth-order valence-electron chi connectivity index (χ4n) is 3.58. The van der Waals surface area contributed by atoms with E-state index in [0.717, 1.165) is 19.5 Å². The van der Waals surface area contributed by atoms with Crippen LogP contribution in [0.3, 0.4) is 0 Å². The average Bonchev–Trinajstić information content (AvgIpc) is 3.39. The average molecular weight is 355 g/mol. The van der Waals surface area contributed by atoms with Gasteiger partial charge in [-0.2, -0.15) is 0 Å². The summed E-state index contributed by atoms with van der Waals surface area (Å²) in [5.41, 5.74) is 9.04. The highest BCUT2D eigenvalue weighted by atomic mass is 32.1. The minimum absolute atomic E-state index is 0.278. The molecule has 5 heteroatoms. The second-order valence-corrected chi connectivity index (χ2v) is 8.06. The number of nitrogens with zero attached hydrogens (tertiary/aromatic N) is 3. The number of nitrogens with two attached hydrogens (primary N) is 1. The molecule has 0 bridgehead atoms. The van der Waals surface area contributed by atoms with Crippen LogP contribution in [-0.4, -0.2) is 41.9 Å². The second-order valence-electron chi connectivity index (χ2n) is 7.06. The predicted octanol–water partition coefficient (Wildman–Crippen LogP) is 3.26. The van der Waals surface area contributed by atoms with E-state index < -0.39 is 0 Å². The molecule has 0 spiro atoms. The van der Waals surface area contributed by atoms with Gasteiger partial charge in [-0.25, -0.2) is 0 Å². The van der Waals surface area contributed by atoms with E-state index >= 15 is 0 Å². The SMILES string of the molecule is CN(C(N)=NCC(c1ccccc1)N1CCc2sccc2C1)C1CC1. The molecular weight excluding hydrogens is 328 g/mol. The third-order valence-corrected chi connectivity index (χ3v) is 6.37. The van der Waals surface area contributed by atoms with Gasteiger partial charge in [-0.05, 0) is 41.8 Å². The van der Waals surface area contributed by atoms with Gasteiger partial charge in [0.15, 0.2) is 5.96 Å². The highest BCUT2D eigenvalue weighted by Crippen LogP contribution is 2.31. The van der Waals surface area contributed by atoms with Gasteiger partial charge in [-0.1, -0.05) is 30.3 Å². The van der Waals surface area contributed by atoms with E-state index in [4.69, 9.17) is 10.7 Å². The highest BCUT2D eigenvalue weighted by Gasteiger charge is 2.28. The molecule has 4 rings (SSSR count). The number of benzene rings is 1. The van der Waals surface area contributed by atoms with E-state index in [2.05, 4.69) is 58.6 Å². The van der Waals surface area contributed by atoms with Gasteiger partial charge in [-0.3, -0.25) is 9.89 Å². The number of thiophene rings is 1. The van der Waals surface area contributed by atoms with E-state index in [0.29, 0.717) is 18.5 Å². The fourth-order valence-corrected chi connectivity index (χ4v) is 4.47. The summed E-state index contributed by atoms with van der Waals surface area (Å²) in [4.78, 5) is 11.0. The lowest BCUT2D eigenvalue weighted by Gasteiger charge is -2.34. The zero-order valence-electron chi connectivity index (χ0n) is 14.8. The number of aliphatic imine (C=N–C) groups is 1. The van der Waals surface area contributed by atoms with Crippen molar-refractivity contribution in [1.82, 2.24) is 9.80 Å². The lowest BCUT2D eigenvalue weighted by Crippen LogP contribution is -2.38. The Balaban J connectivity index is 1.54. The summed E-state index contributed by atoms with van der Waals surface area (Å²) in [6, 6.07) is 13.9. The molecule has 1 fully saturated rings. The maximum absolute atomic E-state index is 6.23. The molecule has 1 aliphatic heterocycles. The Morgan fingerprint density at radius 2 is 2.12 bits per heavy atom. The monoisotopic (exact) mass is 354 g/mol. The van der Waals surface area contributed by atoms with Crippen molar-refractivity contribution < 1.29 is 0 Å². The van der Waals surface area contributed by atoms with Gasteiger partial charge >= 0.3 is 0 Å². The predicted molar refractivity (Wildman–Crippen MR) is 105 cm³/mol. The van der Waals surface area contributed by atoms with E-state index in [-0.39, 0.29) is 6.04 Å². The number of hydrogen-bond acceptors (Lipinski definition) is 3. The van der Waals surface area contributed by atoms with Crippen LogP contribution >= 0.6 is 11.3 Å². The van der Waals surface area contributed by atoms with Crippen molar-refractivity contribution in [2.24, 2.45) is 10.7 Å². The molecule has 1 aromatic heterocycles. The zero-order valence-corrected chi connectivity index (χ0v) is 15.6. The Labute approximate surface area is 154 Å². The van der Waals surface area contributed by atoms with E-state index in [9.17, 15) is 0 Å². The first-order valence-corrected chi connectivity index (χ1v) is 9.97. The minimum Gasteiger partial charge on any atom is -0.370 e. The van der Waals surface area contributed by atoms with Crippen LogP contribution in [0.5, 0.6) is 0 Å². The second kappa shape index (κ2) is 7.18. The quantitative estimate of drug-likeness (QED) is 0.662. The Morgan fingerprint density at radius 1 is 1.32 bits per heavy atom. The Morgan fingerprint density at radius 3 is 2.88 bits per heavy atom. The summed E-state index contributed by atoms with van der Waals surface area (Å²) in [7, 11) is 2.06. The van der Waals surface area contributed by atoms with Crippen molar-refractivity contribution in [2.45, 2.75) is 37.9 Å². The van der Waals surface area contributed by atoms with Crippen molar-refractivity contribution in [3.63, 3.8) is 0 Å². The van der Waals surface area contributed by atoms with Crippen molar-refractivity contribution in [1.29, 1.82) is 0 Å². The Hall–Kier alpha value is -1.85. The molecule has 1 saturated carbocycles. The van der Waals surface area contributed by atoms with E-state index in [1.54, 1.807) is 4.88 Å². The van der Waals surface area contributed by atoms with Gasteiger partial charge in [0.05, 0.1) is 12.6 Å². The van der Waals surface area contributed by atoms with Crippen LogP contribution in [0.15, 0.2) is 46.8 Å². The molecular formula is C20H26N4S. The molecule has 2 heterocycles. The van der Waals surface area contributed by atoms with Crippen molar-refractivity contribution in [2.75, 3.05) is 20.1 Å². The molecule has 2 N–H and O–H groups in total. The Kier molecular flexibility index (Phi) is 4.77. The number of guanidine groups is 1. The molecule has 1 aromatic carbocycles. The van der Waals surface area contributed by atoms with Gasteiger partial charge in [0.25, 0.3) is 0 Å². The van der Waals surface area contributed by atoms with Gasteiger partial charge < -0.3 is 10.6 Å². The first kappa shape index (κ1) is 16.6. The Bertz CT molecular complexity index is 735. The van der Waals surface area contributed by atoms with Crippen LogP contribution in [0, 0.1) is 0 Å². The molecule has 4 nitrogen and oxygen atoms in total. The minimum atomic E-state index is 0.278. The molecule has 2 aromatic rings. The number of rotatable bonds is 5. The van der Waals surface area contributed by atoms with Gasteiger partial charge in [0.2, 0.25) is 0 Å². The molecule has 132 valence electrons. The summed E-state index contributed by atoms with van der Waals surface area (Å²) >= 11 is 1.89. The standard InChI is InChI=1S/C20H26N4S/c1-23(17-7-8-17)20(21)22-13-18(15-5-3-2-4-6-15)24-11-9-19-16(14-24)10-12-25-19/h2-6,10,12,17-18H,7-9,11,13-14H2,1H3,(H2,21,22). The summed E-state index contributed by atoms with van der Waals surface area (Å²) in [6.07, 6.45) is 3.61. The van der Waals surface area contributed by atoms with Crippen LogP contribution in [0.25, 0.3) is 0 Å². The highest BCUT2D eigenvalue weighted by molar-refractivity contribution is 7.10. The van der Waals surface area contributed by atoms with E-state index in [1.807, 2.05) is 11.3 Å². The lowest BCUT2D eigenvalue weighted by atomic mass is 10.0. The molecule has 0 amide bonds. The third kappa shape index (κ3) is 3.72. The van der Waals surface area contributed by atoms with Crippen LogP contribution in [-0.2, 0) is 13.0 Å². The van der Waals surface area contributed by atoms with Crippen molar-refractivity contribution in [3.8, 4) is 0 Å². The summed E-state index contributed by atoms with van der Waals surface area (Å²) in [5.74, 6) is 0.677. The molecule has 2 aliphatic rings. The maximum atomic E-state index is 6.23. The van der Waals surface area contributed by atoms with Gasteiger partial charge in [0, 0.05) is 31.1 Å². The molecule has 1 unspecified atom stereocenters.